The van der Waals surface area contributed by atoms with Gasteiger partial charge in [-0.2, -0.15) is 0 Å². The first-order valence-electron chi connectivity index (χ1n) is 9.73. The lowest BCUT2D eigenvalue weighted by molar-refractivity contribution is -0.115. The van der Waals surface area contributed by atoms with E-state index in [2.05, 4.69) is 15.0 Å². The minimum absolute atomic E-state index is 0.00143. The zero-order chi connectivity index (χ0) is 23.3. The number of anilines is 2. The second kappa shape index (κ2) is 10.0. The smallest absolute Gasteiger partial charge is 0.263 e. The number of carbonyl (C=O) groups excluding carboxylic acids is 1. The molecular weight excluding hydrogens is 482 g/mol. The van der Waals surface area contributed by atoms with Crippen molar-refractivity contribution in [2.45, 2.75) is 11.3 Å². The Bertz CT molecular complexity index is 1340. The van der Waals surface area contributed by atoms with Crippen LogP contribution in [0.4, 0.5) is 10.8 Å². The highest BCUT2D eigenvalue weighted by Crippen LogP contribution is 2.24. The molecule has 1 aromatic heterocycles. The largest absolute Gasteiger partial charge is 0.457 e. The molecule has 0 spiro atoms. The summed E-state index contributed by atoms with van der Waals surface area (Å²) in [7, 11) is -3.79. The molecule has 3 aromatic carbocycles. The van der Waals surface area contributed by atoms with E-state index in [0.29, 0.717) is 22.2 Å². The van der Waals surface area contributed by atoms with Crippen LogP contribution in [0.5, 0.6) is 11.5 Å². The van der Waals surface area contributed by atoms with E-state index in [4.69, 9.17) is 16.3 Å². The van der Waals surface area contributed by atoms with Gasteiger partial charge in [0.25, 0.3) is 10.0 Å². The number of nitrogens with one attached hydrogen (secondary N) is 2. The monoisotopic (exact) mass is 499 g/mol. The summed E-state index contributed by atoms with van der Waals surface area (Å²) in [6, 6.07) is 22.2. The molecular formula is C23H18ClN3O4S2. The maximum Gasteiger partial charge on any atom is 0.263 e. The van der Waals surface area contributed by atoms with Gasteiger partial charge in [-0.1, -0.05) is 29.8 Å². The number of benzene rings is 3. The van der Waals surface area contributed by atoms with Gasteiger partial charge in [-0.15, -0.1) is 11.3 Å². The Balaban J connectivity index is 1.32. The average molecular weight is 500 g/mol. The van der Waals surface area contributed by atoms with Crippen LogP contribution in [0.15, 0.2) is 89.1 Å². The molecule has 0 bridgehead atoms. The molecule has 7 nitrogen and oxygen atoms in total. The third-order valence-corrected chi connectivity index (χ3v) is 6.90. The number of nitrogens with zero attached hydrogens (tertiary/aromatic N) is 1. The van der Waals surface area contributed by atoms with Crippen LogP contribution in [-0.2, 0) is 21.2 Å². The van der Waals surface area contributed by atoms with Gasteiger partial charge >= 0.3 is 0 Å². The molecule has 168 valence electrons. The van der Waals surface area contributed by atoms with E-state index in [1.807, 2.05) is 30.3 Å². The molecule has 0 saturated carbocycles. The summed E-state index contributed by atoms with van der Waals surface area (Å²) in [6.45, 7) is 0. The quantitative estimate of drug-likeness (QED) is 0.330. The number of carbonyl (C=O) groups is 1. The van der Waals surface area contributed by atoms with Crippen LogP contribution < -0.4 is 14.8 Å². The molecule has 0 aliphatic rings. The number of para-hydroxylation sites is 1. The van der Waals surface area contributed by atoms with E-state index in [1.165, 1.54) is 24.3 Å². The lowest BCUT2D eigenvalue weighted by atomic mass is 10.2. The lowest BCUT2D eigenvalue weighted by Crippen LogP contribution is -2.15. The minimum atomic E-state index is -3.79. The number of hydrogen-bond acceptors (Lipinski definition) is 6. The normalized spacial score (nSPS) is 11.1. The van der Waals surface area contributed by atoms with Crippen molar-refractivity contribution in [1.82, 2.24) is 4.98 Å². The Labute approximate surface area is 200 Å². The van der Waals surface area contributed by atoms with Crippen molar-refractivity contribution in [2.24, 2.45) is 0 Å². The van der Waals surface area contributed by atoms with Crippen molar-refractivity contribution in [1.29, 1.82) is 0 Å². The highest BCUT2D eigenvalue weighted by molar-refractivity contribution is 7.93. The number of aromatic nitrogens is 1. The molecule has 1 heterocycles. The maximum atomic E-state index is 12.5. The summed E-state index contributed by atoms with van der Waals surface area (Å²) in [5.41, 5.74) is 1.06. The van der Waals surface area contributed by atoms with Crippen LogP contribution in [-0.4, -0.2) is 19.3 Å². The first-order valence-corrected chi connectivity index (χ1v) is 12.5. The summed E-state index contributed by atoms with van der Waals surface area (Å²) >= 11 is 6.90. The summed E-state index contributed by atoms with van der Waals surface area (Å²) in [5.74, 6) is 1.10. The van der Waals surface area contributed by atoms with E-state index in [0.717, 1.165) is 17.1 Å². The van der Waals surface area contributed by atoms with Crippen LogP contribution in [0, 0.1) is 0 Å². The highest BCUT2D eigenvalue weighted by Gasteiger charge is 2.17. The number of hydrogen-bond donors (Lipinski definition) is 2. The predicted molar refractivity (Wildman–Crippen MR) is 130 cm³/mol. The van der Waals surface area contributed by atoms with E-state index in [1.54, 1.807) is 29.6 Å². The molecule has 1 amide bonds. The van der Waals surface area contributed by atoms with Crippen LogP contribution in [0.1, 0.15) is 5.69 Å². The molecule has 0 atom stereocenters. The Morgan fingerprint density at radius 1 is 0.939 bits per heavy atom. The van der Waals surface area contributed by atoms with Crippen LogP contribution in [0.3, 0.4) is 0 Å². The minimum Gasteiger partial charge on any atom is -0.457 e. The number of thiazole rings is 1. The van der Waals surface area contributed by atoms with Gasteiger partial charge in [0, 0.05) is 16.1 Å². The van der Waals surface area contributed by atoms with E-state index in [9.17, 15) is 13.2 Å². The second-order valence-electron chi connectivity index (χ2n) is 6.87. The Hall–Kier alpha value is -3.40. The zero-order valence-electron chi connectivity index (χ0n) is 17.1. The van der Waals surface area contributed by atoms with Crippen molar-refractivity contribution < 1.29 is 17.9 Å². The van der Waals surface area contributed by atoms with Crippen molar-refractivity contribution >= 4 is 49.7 Å². The van der Waals surface area contributed by atoms with Gasteiger partial charge in [0.15, 0.2) is 5.13 Å². The molecule has 4 rings (SSSR count). The Kier molecular flexibility index (Phi) is 6.93. The number of halogens is 1. The van der Waals surface area contributed by atoms with Gasteiger partial charge in [-0.05, 0) is 60.7 Å². The first-order chi connectivity index (χ1) is 15.9. The predicted octanol–water partition coefficient (Wildman–Crippen LogP) is 5.57. The van der Waals surface area contributed by atoms with Gasteiger partial charge in [0.1, 0.15) is 11.5 Å². The van der Waals surface area contributed by atoms with Gasteiger partial charge < -0.3 is 10.1 Å². The maximum absolute atomic E-state index is 12.5. The van der Waals surface area contributed by atoms with E-state index < -0.39 is 10.0 Å². The average Bonchev–Trinajstić information content (AvgIpc) is 3.22. The lowest BCUT2D eigenvalue weighted by Gasteiger charge is -2.08. The molecule has 0 radical (unpaired) electrons. The Morgan fingerprint density at radius 3 is 2.30 bits per heavy atom. The molecule has 0 saturated heterocycles. The molecule has 0 fully saturated rings. The van der Waals surface area contributed by atoms with Gasteiger partial charge in [0.05, 0.1) is 17.0 Å². The highest BCUT2D eigenvalue weighted by atomic mass is 35.5. The summed E-state index contributed by atoms with van der Waals surface area (Å²) < 4.78 is 33.0. The number of sulfonamides is 1. The van der Waals surface area contributed by atoms with Crippen molar-refractivity contribution in [3.05, 3.63) is 95.0 Å². The van der Waals surface area contributed by atoms with Crippen molar-refractivity contribution in [2.75, 3.05) is 10.0 Å². The van der Waals surface area contributed by atoms with Gasteiger partial charge in [-0.3, -0.25) is 9.52 Å². The number of amides is 1. The molecule has 0 unspecified atom stereocenters. The second-order valence-corrected chi connectivity index (χ2v) is 9.84. The third kappa shape index (κ3) is 6.32. The van der Waals surface area contributed by atoms with E-state index >= 15 is 0 Å². The summed E-state index contributed by atoms with van der Waals surface area (Å²) in [4.78, 5) is 16.6. The van der Waals surface area contributed by atoms with Crippen LogP contribution in [0.25, 0.3) is 0 Å². The van der Waals surface area contributed by atoms with Gasteiger partial charge in [0.2, 0.25) is 5.91 Å². The first kappa shape index (κ1) is 22.8. The number of rotatable bonds is 8. The third-order valence-electron chi connectivity index (χ3n) is 4.36. The fourth-order valence-corrected chi connectivity index (χ4v) is 4.91. The van der Waals surface area contributed by atoms with Crippen molar-refractivity contribution in [3.63, 3.8) is 0 Å². The zero-order valence-corrected chi connectivity index (χ0v) is 19.5. The molecule has 33 heavy (non-hydrogen) atoms. The molecule has 2 N–H and O–H groups in total. The van der Waals surface area contributed by atoms with Crippen LogP contribution in [0.2, 0.25) is 5.02 Å². The molecule has 4 aromatic rings. The molecule has 0 aliphatic heterocycles. The Morgan fingerprint density at radius 2 is 1.61 bits per heavy atom. The number of ether oxygens (including phenoxy) is 1. The summed E-state index contributed by atoms with van der Waals surface area (Å²) in [5, 5.41) is 5.04. The summed E-state index contributed by atoms with van der Waals surface area (Å²) in [6.07, 6.45) is 0.00143. The van der Waals surface area contributed by atoms with Gasteiger partial charge in [-0.25, -0.2) is 13.4 Å². The standard InChI is InChI=1S/C23H18ClN3O4S2/c24-16-6-12-21(13-7-16)33(29,30)27-23-26-18(15-32-23)14-22(28)25-17-8-10-20(11-9-17)31-19-4-2-1-3-5-19/h1-13,15H,14H2,(H,25,28)(H,26,27). The molecule has 10 heteroatoms. The van der Waals surface area contributed by atoms with Crippen molar-refractivity contribution in [3.8, 4) is 11.5 Å². The fraction of sp³-hybridized carbons (Fsp3) is 0.0435. The van der Waals surface area contributed by atoms with Crippen LogP contribution >= 0.6 is 22.9 Å². The SMILES string of the molecule is O=C(Cc1csc(NS(=O)(=O)c2ccc(Cl)cc2)n1)Nc1ccc(Oc2ccccc2)cc1. The van der Waals surface area contributed by atoms with E-state index in [-0.39, 0.29) is 22.4 Å². The molecule has 0 aliphatic carbocycles. The fourth-order valence-electron chi connectivity index (χ4n) is 2.82. The topological polar surface area (TPSA) is 97.4 Å².